The molecule has 3 N–H and O–H groups in total. The molecule has 2 aromatic rings. The van der Waals surface area contributed by atoms with Crippen molar-refractivity contribution >= 4 is 29.1 Å². The summed E-state index contributed by atoms with van der Waals surface area (Å²) in [6.07, 6.45) is 0. The molecule has 28 heavy (non-hydrogen) atoms. The zero-order valence-electron chi connectivity index (χ0n) is 16.2. The minimum Gasteiger partial charge on any atom is -0.493 e. The number of amides is 2. The zero-order chi connectivity index (χ0) is 20.5. The fourth-order valence-electron chi connectivity index (χ4n) is 2.60. The minimum atomic E-state index is -0.174. The first-order valence-electron chi connectivity index (χ1n) is 8.75. The molecule has 0 saturated heterocycles. The van der Waals surface area contributed by atoms with Crippen molar-refractivity contribution < 1.29 is 24.0 Å². The standard InChI is InChI=1S/C20H24ClN3O4/c1-24(13-20(26)23-16-7-5-15(21)6-8-16)12-19(25)22-11-14-4-9-17(27-2)18(10-14)28-3/h4-10H,11-13H2,1-3H3,(H,22,25)(H,23,26)/p+1. The van der Waals surface area contributed by atoms with Crippen molar-refractivity contribution in [2.45, 2.75) is 6.54 Å². The fraction of sp³-hybridized carbons (Fsp3) is 0.300. The molecule has 1 atom stereocenters. The molecule has 0 aliphatic rings. The Bertz CT molecular complexity index is 812. The predicted octanol–water partition coefficient (Wildman–Crippen LogP) is 1.13. The van der Waals surface area contributed by atoms with E-state index in [-0.39, 0.29) is 24.9 Å². The topological polar surface area (TPSA) is 81.1 Å². The van der Waals surface area contributed by atoms with E-state index in [1.165, 1.54) is 0 Å². The second kappa shape index (κ2) is 10.5. The molecule has 0 radical (unpaired) electrons. The SMILES string of the molecule is COc1ccc(CNC(=O)C[NH+](C)CC(=O)Nc2ccc(Cl)cc2)cc1OC. The number of hydrogen-bond acceptors (Lipinski definition) is 4. The molecule has 0 aliphatic carbocycles. The number of anilines is 1. The van der Waals surface area contributed by atoms with Crippen molar-refractivity contribution in [3.63, 3.8) is 0 Å². The van der Waals surface area contributed by atoms with Crippen molar-refractivity contribution in [1.29, 1.82) is 0 Å². The zero-order valence-corrected chi connectivity index (χ0v) is 16.9. The lowest BCUT2D eigenvalue weighted by atomic mass is 10.2. The molecular formula is C20H25ClN3O4+. The van der Waals surface area contributed by atoms with E-state index in [9.17, 15) is 9.59 Å². The van der Waals surface area contributed by atoms with Gasteiger partial charge in [0, 0.05) is 17.3 Å². The number of quaternary nitrogens is 1. The van der Waals surface area contributed by atoms with Gasteiger partial charge in [0.1, 0.15) is 0 Å². The lowest BCUT2D eigenvalue weighted by Crippen LogP contribution is -3.11. The van der Waals surface area contributed by atoms with Crippen LogP contribution in [0.2, 0.25) is 5.02 Å². The van der Waals surface area contributed by atoms with Crippen LogP contribution in [-0.4, -0.2) is 46.2 Å². The van der Waals surface area contributed by atoms with Crippen molar-refractivity contribution in [3.8, 4) is 11.5 Å². The molecule has 1 unspecified atom stereocenters. The summed E-state index contributed by atoms with van der Waals surface area (Å²) in [5.74, 6) is 0.920. The van der Waals surface area contributed by atoms with Crippen LogP contribution in [0.25, 0.3) is 0 Å². The summed E-state index contributed by atoms with van der Waals surface area (Å²) >= 11 is 5.82. The summed E-state index contributed by atoms with van der Waals surface area (Å²) in [6, 6.07) is 12.3. The second-order valence-electron chi connectivity index (χ2n) is 6.33. The first-order valence-corrected chi connectivity index (χ1v) is 9.13. The van der Waals surface area contributed by atoms with Crippen molar-refractivity contribution in [1.82, 2.24) is 5.32 Å². The van der Waals surface area contributed by atoms with Gasteiger partial charge in [0.2, 0.25) is 0 Å². The van der Waals surface area contributed by atoms with Gasteiger partial charge in [-0.05, 0) is 42.0 Å². The smallest absolute Gasteiger partial charge is 0.279 e. The van der Waals surface area contributed by atoms with Crippen LogP contribution in [0.15, 0.2) is 42.5 Å². The maximum Gasteiger partial charge on any atom is 0.279 e. The Kier molecular flexibility index (Phi) is 8.10. The Hall–Kier alpha value is -2.77. The van der Waals surface area contributed by atoms with Crippen molar-refractivity contribution in [3.05, 3.63) is 53.1 Å². The van der Waals surface area contributed by atoms with Gasteiger partial charge in [0.15, 0.2) is 24.6 Å². The fourth-order valence-corrected chi connectivity index (χ4v) is 2.73. The van der Waals surface area contributed by atoms with E-state index < -0.39 is 0 Å². The minimum absolute atomic E-state index is 0.147. The largest absolute Gasteiger partial charge is 0.493 e. The van der Waals surface area contributed by atoms with E-state index in [4.69, 9.17) is 21.1 Å². The van der Waals surface area contributed by atoms with E-state index in [0.29, 0.717) is 28.8 Å². The number of carbonyl (C=O) groups excluding carboxylic acids is 2. The van der Waals surface area contributed by atoms with E-state index in [1.54, 1.807) is 51.6 Å². The summed E-state index contributed by atoms with van der Waals surface area (Å²) < 4.78 is 10.4. The first-order chi connectivity index (χ1) is 13.4. The van der Waals surface area contributed by atoms with Gasteiger partial charge in [-0.1, -0.05) is 17.7 Å². The van der Waals surface area contributed by atoms with E-state index in [2.05, 4.69) is 10.6 Å². The van der Waals surface area contributed by atoms with Gasteiger partial charge in [-0.15, -0.1) is 0 Å². The maximum atomic E-state index is 12.1. The molecule has 2 aromatic carbocycles. The summed E-state index contributed by atoms with van der Waals surface area (Å²) in [6.45, 7) is 0.719. The van der Waals surface area contributed by atoms with Crippen LogP contribution in [0.3, 0.4) is 0 Å². The number of methoxy groups -OCH3 is 2. The number of rotatable bonds is 9. The Morgan fingerprint density at radius 1 is 0.964 bits per heavy atom. The molecule has 2 rings (SSSR count). The Morgan fingerprint density at radius 3 is 2.25 bits per heavy atom. The summed E-state index contributed by atoms with van der Waals surface area (Å²) in [7, 11) is 4.92. The number of nitrogens with one attached hydrogen (secondary N) is 3. The lowest BCUT2D eigenvalue weighted by Gasteiger charge is -2.14. The van der Waals surface area contributed by atoms with Gasteiger partial charge in [-0.3, -0.25) is 9.59 Å². The van der Waals surface area contributed by atoms with Crippen LogP contribution in [0.1, 0.15) is 5.56 Å². The highest BCUT2D eigenvalue weighted by Gasteiger charge is 2.14. The number of ether oxygens (including phenoxy) is 2. The van der Waals surface area contributed by atoms with Crippen LogP contribution < -0.4 is 25.0 Å². The molecule has 0 heterocycles. The first kappa shape index (κ1) is 21.5. The number of hydrogen-bond donors (Lipinski definition) is 3. The quantitative estimate of drug-likeness (QED) is 0.583. The highest BCUT2D eigenvalue weighted by Crippen LogP contribution is 2.27. The molecule has 0 aliphatic heterocycles. The molecule has 0 fully saturated rings. The van der Waals surface area contributed by atoms with Crippen LogP contribution in [-0.2, 0) is 16.1 Å². The average Bonchev–Trinajstić information content (AvgIpc) is 2.67. The van der Waals surface area contributed by atoms with E-state index in [1.807, 2.05) is 12.1 Å². The van der Waals surface area contributed by atoms with E-state index >= 15 is 0 Å². The Balaban J connectivity index is 1.77. The van der Waals surface area contributed by atoms with Crippen molar-refractivity contribution in [2.75, 3.05) is 39.7 Å². The van der Waals surface area contributed by atoms with Gasteiger partial charge >= 0.3 is 0 Å². The van der Waals surface area contributed by atoms with Gasteiger partial charge in [0.05, 0.1) is 21.3 Å². The molecule has 7 nitrogen and oxygen atoms in total. The number of likely N-dealkylation sites (N-methyl/N-ethyl adjacent to an activating group) is 1. The van der Waals surface area contributed by atoms with Crippen LogP contribution >= 0.6 is 11.6 Å². The van der Waals surface area contributed by atoms with Gasteiger partial charge in [-0.2, -0.15) is 0 Å². The molecule has 0 aromatic heterocycles. The summed E-state index contributed by atoms with van der Waals surface area (Å²) in [4.78, 5) is 25.0. The Labute approximate surface area is 169 Å². The molecule has 0 saturated carbocycles. The highest BCUT2D eigenvalue weighted by molar-refractivity contribution is 6.30. The third kappa shape index (κ3) is 6.75. The molecule has 150 valence electrons. The normalized spacial score (nSPS) is 11.4. The maximum absolute atomic E-state index is 12.1. The lowest BCUT2D eigenvalue weighted by molar-refractivity contribution is -0.862. The van der Waals surface area contributed by atoms with Gasteiger partial charge in [-0.25, -0.2) is 0 Å². The van der Waals surface area contributed by atoms with Crippen LogP contribution in [0.5, 0.6) is 11.5 Å². The van der Waals surface area contributed by atoms with Crippen LogP contribution in [0.4, 0.5) is 5.69 Å². The van der Waals surface area contributed by atoms with Gasteiger partial charge in [0.25, 0.3) is 11.8 Å². The number of carbonyl (C=O) groups is 2. The monoisotopic (exact) mass is 406 g/mol. The molecule has 2 amide bonds. The van der Waals surface area contributed by atoms with Gasteiger partial charge < -0.3 is 25.0 Å². The summed E-state index contributed by atoms with van der Waals surface area (Å²) in [5, 5.41) is 6.23. The van der Waals surface area contributed by atoms with Crippen LogP contribution in [0, 0.1) is 0 Å². The second-order valence-corrected chi connectivity index (χ2v) is 6.77. The molecule has 0 spiro atoms. The van der Waals surface area contributed by atoms with E-state index in [0.717, 1.165) is 10.5 Å². The highest BCUT2D eigenvalue weighted by atomic mass is 35.5. The molecular weight excluding hydrogens is 382 g/mol. The average molecular weight is 407 g/mol. The number of halogens is 1. The molecule has 8 heteroatoms. The Morgan fingerprint density at radius 2 is 1.61 bits per heavy atom. The third-order valence-corrected chi connectivity index (χ3v) is 4.24. The van der Waals surface area contributed by atoms with Crippen molar-refractivity contribution in [2.24, 2.45) is 0 Å². The number of benzene rings is 2. The molecule has 0 bridgehead atoms. The third-order valence-electron chi connectivity index (χ3n) is 3.99. The predicted molar refractivity (Wildman–Crippen MR) is 108 cm³/mol. The summed E-state index contributed by atoms with van der Waals surface area (Å²) in [5.41, 5.74) is 1.56.